The Morgan fingerprint density at radius 2 is 1.97 bits per heavy atom. The summed E-state index contributed by atoms with van der Waals surface area (Å²) in [6, 6.07) is 12.5. The quantitative estimate of drug-likeness (QED) is 0.580. The summed E-state index contributed by atoms with van der Waals surface area (Å²) in [7, 11) is 0. The van der Waals surface area contributed by atoms with Gasteiger partial charge in [0.2, 0.25) is 0 Å². The molecule has 5 rings (SSSR count). The van der Waals surface area contributed by atoms with E-state index in [1.54, 1.807) is 11.3 Å². The first-order chi connectivity index (χ1) is 14.7. The van der Waals surface area contributed by atoms with Gasteiger partial charge in [-0.05, 0) is 81.8 Å². The Hall–Kier alpha value is -2.17. The van der Waals surface area contributed by atoms with Crippen LogP contribution < -0.4 is 0 Å². The SMILES string of the molecule is Cc1ccc2c(c1)c1c(n2CCc2ccc(C)nc2)CC2CCC1N2CCCCO. The first-order valence-electron chi connectivity index (χ1n) is 11.6. The molecule has 4 heteroatoms. The molecular formula is C26H33N3O. The van der Waals surface area contributed by atoms with Crippen molar-refractivity contribution in [3.8, 4) is 0 Å². The number of hydrogen-bond acceptors (Lipinski definition) is 3. The van der Waals surface area contributed by atoms with Gasteiger partial charge in [0.15, 0.2) is 0 Å². The zero-order chi connectivity index (χ0) is 20.7. The fraction of sp³-hybridized carbons (Fsp3) is 0.500. The Morgan fingerprint density at radius 1 is 1.07 bits per heavy atom. The minimum Gasteiger partial charge on any atom is -0.396 e. The molecule has 2 atom stereocenters. The van der Waals surface area contributed by atoms with E-state index in [-0.39, 0.29) is 0 Å². The van der Waals surface area contributed by atoms with Crippen molar-refractivity contribution < 1.29 is 5.11 Å². The summed E-state index contributed by atoms with van der Waals surface area (Å²) in [6.45, 7) is 6.69. The van der Waals surface area contributed by atoms with Gasteiger partial charge >= 0.3 is 0 Å². The zero-order valence-corrected chi connectivity index (χ0v) is 18.3. The third-order valence-electron chi connectivity index (χ3n) is 7.20. The largest absolute Gasteiger partial charge is 0.396 e. The van der Waals surface area contributed by atoms with E-state index >= 15 is 0 Å². The standard InChI is InChI=1S/C26H33N3O/c1-18-5-9-23-22(15-18)26-24-10-8-21(28(24)12-3-4-14-30)16-25(26)29(23)13-11-20-7-6-19(2)27-17-20/h5-7,9,15,17,21,24,30H,3-4,8,10-14,16H2,1-2H3. The lowest BCUT2D eigenvalue weighted by Crippen LogP contribution is -2.38. The molecule has 2 aliphatic rings. The lowest BCUT2D eigenvalue weighted by molar-refractivity contribution is 0.166. The molecular weight excluding hydrogens is 370 g/mol. The molecule has 0 aliphatic carbocycles. The average Bonchev–Trinajstić information content (AvgIpc) is 3.19. The van der Waals surface area contributed by atoms with Crippen LogP contribution in [0.15, 0.2) is 36.5 Å². The van der Waals surface area contributed by atoms with Gasteiger partial charge in [-0.2, -0.15) is 0 Å². The first kappa shape index (κ1) is 19.8. The van der Waals surface area contributed by atoms with Crippen LogP contribution in [0.1, 0.15) is 59.8 Å². The lowest BCUT2D eigenvalue weighted by Gasteiger charge is -2.36. The van der Waals surface area contributed by atoms with Crippen LogP contribution in [-0.4, -0.2) is 38.8 Å². The number of aromatic nitrogens is 2. The average molecular weight is 404 g/mol. The third kappa shape index (κ3) is 3.46. The van der Waals surface area contributed by atoms with Crippen LogP contribution in [0.25, 0.3) is 10.9 Å². The third-order valence-corrected chi connectivity index (χ3v) is 7.20. The van der Waals surface area contributed by atoms with Gasteiger partial charge in [0.1, 0.15) is 0 Å². The zero-order valence-electron chi connectivity index (χ0n) is 18.3. The Kier molecular flexibility index (Phi) is 5.38. The Balaban J connectivity index is 1.51. The van der Waals surface area contributed by atoms with Gasteiger partial charge < -0.3 is 9.67 Å². The number of aliphatic hydroxyl groups is 1. The highest BCUT2D eigenvalue weighted by Gasteiger charge is 2.42. The summed E-state index contributed by atoms with van der Waals surface area (Å²) < 4.78 is 2.61. The van der Waals surface area contributed by atoms with Crippen molar-refractivity contribution in [3.63, 3.8) is 0 Å². The highest BCUT2D eigenvalue weighted by atomic mass is 16.2. The number of pyridine rings is 1. The molecule has 4 nitrogen and oxygen atoms in total. The molecule has 2 bridgehead atoms. The van der Waals surface area contributed by atoms with Crippen molar-refractivity contribution in [1.82, 2.24) is 14.5 Å². The van der Waals surface area contributed by atoms with Gasteiger partial charge in [0.25, 0.3) is 0 Å². The van der Waals surface area contributed by atoms with Gasteiger partial charge in [-0.15, -0.1) is 0 Å². The monoisotopic (exact) mass is 403 g/mol. The van der Waals surface area contributed by atoms with Crippen molar-refractivity contribution in [1.29, 1.82) is 0 Å². The van der Waals surface area contributed by atoms with Gasteiger partial charge in [0, 0.05) is 60.1 Å². The molecule has 2 unspecified atom stereocenters. The summed E-state index contributed by atoms with van der Waals surface area (Å²) >= 11 is 0. The van der Waals surface area contributed by atoms with E-state index in [9.17, 15) is 5.11 Å². The molecule has 0 spiro atoms. The van der Waals surface area contributed by atoms with Crippen molar-refractivity contribution in [2.24, 2.45) is 0 Å². The van der Waals surface area contributed by atoms with Crippen LogP contribution in [-0.2, 0) is 19.4 Å². The number of aryl methyl sites for hydroxylation is 4. The minimum absolute atomic E-state index is 0.306. The Morgan fingerprint density at radius 3 is 2.77 bits per heavy atom. The minimum atomic E-state index is 0.306. The van der Waals surface area contributed by atoms with Crippen LogP contribution in [0.2, 0.25) is 0 Å². The summed E-state index contributed by atoms with van der Waals surface area (Å²) in [4.78, 5) is 7.23. The van der Waals surface area contributed by atoms with E-state index in [0.717, 1.165) is 44.5 Å². The van der Waals surface area contributed by atoms with E-state index in [2.05, 4.69) is 51.7 Å². The number of hydrogen-bond donors (Lipinski definition) is 1. The van der Waals surface area contributed by atoms with E-state index in [1.807, 2.05) is 13.1 Å². The highest BCUT2D eigenvalue weighted by Crippen LogP contribution is 2.48. The summed E-state index contributed by atoms with van der Waals surface area (Å²) in [6.07, 6.45) is 8.78. The fourth-order valence-electron chi connectivity index (χ4n) is 5.72. The van der Waals surface area contributed by atoms with Crippen LogP contribution in [0, 0.1) is 13.8 Å². The molecule has 1 aromatic carbocycles. The number of unbranched alkanes of at least 4 members (excludes halogenated alkanes) is 1. The first-order valence-corrected chi connectivity index (χ1v) is 11.6. The van der Waals surface area contributed by atoms with Gasteiger partial charge in [-0.3, -0.25) is 9.88 Å². The predicted molar refractivity (Wildman–Crippen MR) is 122 cm³/mol. The number of fused-ring (bicyclic) bond motifs is 6. The number of nitrogens with zero attached hydrogens (tertiary/aromatic N) is 3. The molecule has 30 heavy (non-hydrogen) atoms. The molecule has 1 saturated heterocycles. The van der Waals surface area contributed by atoms with E-state index in [1.165, 1.54) is 34.9 Å². The molecule has 1 N–H and O–H groups in total. The summed E-state index contributed by atoms with van der Waals surface area (Å²) in [5, 5.41) is 10.7. The smallest absolute Gasteiger partial charge is 0.0486 e. The lowest BCUT2D eigenvalue weighted by atomic mass is 9.96. The molecule has 158 valence electrons. The molecule has 1 fully saturated rings. The topological polar surface area (TPSA) is 41.3 Å². The van der Waals surface area contributed by atoms with Gasteiger partial charge in [-0.1, -0.05) is 17.7 Å². The van der Waals surface area contributed by atoms with Crippen molar-refractivity contribution in [2.45, 2.75) is 71.0 Å². The molecule has 2 aromatic heterocycles. The van der Waals surface area contributed by atoms with E-state index < -0.39 is 0 Å². The molecule has 2 aliphatic heterocycles. The van der Waals surface area contributed by atoms with Crippen LogP contribution in [0.4, 0.5) is 0 Å². The molecule has 4 heterocycles. The highest BCUT2D eigenvalue weighted by molar-refractivity contribution is 5.87. The maximum absolute atomic E-state index is 9.22. The van der Waals surface area contributed by atoms with E-state index in [4.69, 9.17) is 0 Å². The normalized spacial score (nSPS) is 20.8. The molecule has 0 amide bonds. The number of rotatable bonds is 7. The summed E-state index contributed by atoms with van der Waals surface area (Å²) in [5.41, 5.74) is 8.30. The Bertz CT molecular complexity index is 1040. The fourth-order valence-corrected chi connectivity index (χ4v) is 5.72. The van der Waals surface area contributed by atoms with Crippen LogP contribution in [0.5, 0.6) is 0 Å². The van der Waals surface area contributed by atoms with Gasteiger partial charge in [-0.25, -0.2) is 0 Å². The second kappa shape index (κ2) is 8.16. The number of benzene rings is 1. The summed E-state index contributed by atoms with van der Waals surface area (Å²) in [5.74, 6) is 0. The second-order valence-electron chi connectivity index (χ2n) is 9.21. The van der Waals surface area contributed by atoms with Crippen molar-refractivity contribution >= 4 is 10.9 Å². The van der Waals surface area contributed by atoms with Crippen LogP contribution >= 0.6 is 0 Å². The maximum atomic E-state index is 9.22. The molecule has 3 aromatic rings. The van der Waals surface area contributed by atoms with Crippen molar-refractivity contribution in [2.75, 3.05) is 13.2 Å². The van der Waals surface area contributed by atoms with Gasteiger partial charge in [0.05, 0.1) is 0 Å². The second-order valence-corrected chi connectivity index (χ2v) is 9.21. The van der Waals surface area contributed by atoms with Crippen molar-refractivity contribution in [3.05, 3.63) is 64.6 Å². The molecule has 0 radical (unpaired) electrons. The van der Waals surface area contributed by atoms with E-state index in [0.29, 0.717) is 18.7 Å². The van der Waals surface area contributed by atoms with Crippen LogP contribution in [0.3, 0.4) is 0 Å². The maximum Gasteiger partial charge on any atom is 0.0486 e. The molecule has 0 saturated carbocycles. The predicted octanol–water partition coefficient (Wildman–Crippen LogP) is 4.73. The number of aliphatic hydroxyl groups excluding tert-OH is 1. The Labute approximate surface area is 179 Å².